The first-order valence-corrected chi connectivity index (χ1v) is 6.04. The van der Waals surface area contributed by atoms with Crippen LogP contribution in [0.15, 0.2) is 12.3 Å². The summed E-state index contributed by atoms with van der Waals surface area (Å²) in [5.41, 5.74) is 0.514. The Hall–Kier alpha value is -1.69. The first-order chi connectivity index (χ1) is 8.65. The molecule has 0 saturated carbocycles. The van der Waals surface area contributed by atoms with E-state index in [0.717, 1.165) is 6.42 Å². The zero-order valence-corrected chi connectivity index (χ0v) is 9.84. The number of pyridine rings is 1. The van der Waals surface area contributed by atoms with Crippen molar-refractivity contribution in [3.05, 3.63) is 18.1 Å². The first kappa shape index (κ1) is 11.4. The lowest BCUT2D eigenvalue weighted by Crippen LogP contribution is -2.51. The molecule has 6 heteroatoms. The van der Waals surface area contributed by atoms with Gasteiger partial charge in [-0.3, -0.25) is 4.79 Å². The highest BCUT2D eigenvalue weighted by atomic mass is 19.1. The van der Waals surface area contributed by atoms with Crippen molar-refractivity contribution in [3.8, 4) is 0 Å². The average molecular weight is 251 g/mol. The van der Waals surface area contributed by atoms with Crippen LogP contribution in [0.1, 0.15) is 12.8 Å². The summed E-state index contributed by atoms with van der Waals surface area (Å²) in [4.78, 5) is 18.8. The predicted molar refractivity (Wildman–Crippen MR) is 64.0 cm³/mol. The topological polar surface area (TPSA) is 56.7 Å². The minimum atomic E-state index is -0.445. The van der Waals surface area contributed by atoms with Crippen molar-refractivity contribution in [3.63, 3.8) is 0 Å². The molecule has 96 valence electrons. The molecule has 0 radical (unpaired) electrons. The highest BCUT2D eigenvalue weighted by Crippen LogP contribution is 2.27. The molecule has 2 aliphatic rings. The summed E-state index contributed by atoms with van der Waals surface area (Å²) in [6.45, 7) is 1.44. The van der Waals surface area contributed by atoms with Gasteiger partial charge in [-0.05, 0) is 6.42 Å². The van der Waals surface area contributed by atoms with Gasteiger partial charge in [0.1, 0.15) is 0 Å². The molecule has 1 aromatic heterocycles. The predicted octanol–water partition coefficient (Wildman–Crippen LogP) is 0.528. The van der Waals surface area contributed by atoms with E-state index in [0.29, 0.717) is 31.7 Å². The largest absolute Gasteiger partial charge is 0.389 e. The summed E-state index contributed by atoms with van der Waals surface area (Å²) < 4.78 is 13.9. The van der Waals surface area contributed by atoms with Gasteiger partial charge in [0.25, 0.3) is 0 Å². The molecule has 5 nitrogen and oxygen atoms in total. The third-order valence-electron chi connectivity index (χ3n) is 3.35. The summed E-state index contributed by atoms with van der Waals surface area (Å²) in [6.07, 6.45) is 2.44. The number of anilines is 2. The van der Waals surface area contributed by atoms with Crippen molar-refractivity contribution in [2.24, 2.45) is 0 Å². The summed E-state index contributed by atoms with van der Waals surface area (Å²) in [5.74, 6) is -0.182. The Morgan fingerprint density at radius 1 is 1.44 bits per heavy atom. The Kier molecular flexibility index (Phi) is 2.66. The molecule has 0 atom stereocenters. The molecule has 0 unspecified atom stereocenters. The van der Waals surface area contributed by atoms with Gasteiger partial charge < -0.3 is 14.9 Å². The molecule has 1 aromatic rings. The van der Waals surface area contributed by atoms with E-state index in [1.165, 1.54) is 12.3 Å². The van der Waals surface area contributed by atoms with Crippen molar-refractivity contribution >= 4 is 17.4 Å². The maximum absolute atomic E-state index is 13.9. The molecule has 0 aromatic carbocycles. The van der Waals surface area contributed by atoms with Crippen molar-refractivity contribution in [2.75, 3.05) is 29.4 Å². The van der Waals surface area contributed by atoms with Gasteiger partial charge in [0.15, 0.2) is 11.6 Å². The van der Waals surface area contributed by atoms with Crippen LogP contribution in [0.25, 0.3) is 0 Å². The van der Waals surface area contributed by atoms with Crippen molar-refractivity contribution in [2.45, 2.75) is 18.9 Å². The Bertz CT molecular complexity index is 488. The van der Waals surface area contributed by atoms with Gasteiger partial charge in [-0.15, -0.1) is 0 Å². The average Bonchev–Trinajstić information content (AvgIpc) is 2.72. The minimum absolute atomic E-state index is 0.0170. The van der Waals surface area contributed by atoms with E-state index in [1.54, 1.807) is 9.80 Å². The van der Waals surface area contributed by atoms with E-state index in [9.17, 15) is 14.3 Å². The van der Waals surface area contributed by atoms with E-state index in [2.05, 4.69) is 4.98 Å². The monoisotopic (exact) mass is 251 g/mol. The summed E-state index contributed by atoms with van der Waals surface area (Å²) in [5, 5.41) is 9.19. The lowest BCUT2D eigenvalue weighted by molar-refractivity contribution is -0.117. The molecule has 2 aliphatic heterocycles. The van der Waals surface area contributed by atoms with E-state index < -0.39 is 11.9 Å². The number of hydrogen-bond acceptors (Lipinski definition) is 4. The fraction of sp³-hybridized carbons (Fsp3) is 0.500. The molecule has 1 N–H and O–H groups in total. The number of amides is 1. The number of β-amino-alcohol motifs (C(OH)–C–C–N with tert-alkyl or cyclic N) is 1. The molecule has 18 heavy (non-hydrogen) atoms. The first-order valence-electron chi connectivity index (χ1n) is 6.04. The van der Waals surface area contributed by atoms with Crippen molar-refractivity contribution in [1.82, 2.24) is 4.98 Å². The number of aliphatic hydroxyl groups excluding tert-OH is 1. The number of carbonyl (C=O) groups is 1. The van der Waals surface area contributed by atoms with Gasteiger partial charge in [0, 0.05) is 32.1 Å². The van der Waals surface area contributed by atoms with Crippen LogP contribution < -0.4 is 9.80 Å². The van der Waals surface area contributed by atoms with Crippen LogP contribution in [0.2, 0.25) is 0 Å². The van der Waals surface area contributed by atoms with E-state index in [4.69, 9.17) is 0 Å². The molecular formula is C12H14FN3O2. The number of carbonyl (C=O) groups excluding carboxylic acids is 1. The second kappa shape index (κ2) is 4.20. The van der Waals surface area contributed by atoms with E-state index >= 15 is 0 Å². The highest BCUT2D eigenvalue weighted by molar-refractivity contribution is 5.95. The van der Waals surface area contributed by atoms with Crippen LogP contribution in [0.5, 0.6) is 0 Å². The van der Waals surface area contributed by atoms with E-state index in [-0.39, 0.29) is 11.7 Å². The molecule has 1 amide bonds. The van der Waals surface area contributed by atoms with Crippen LogP contribution >= 0.6 is 0 Å². The maximum atomic E-state index is 13.9. The second-order valence-electron chi connectivity index (χ2n) is 4.71. The lowest BCUT2D eigenvalue weighted by Gasteiger charge is -2.37. The molecule has 2 fully saturated rings. The molecular weight excluding hydrogens is 237 g/mol. The van der Waals surface area contributed by atoms with Crippen LogP contribution in [0, 0.1) is 5.82 Å². The SMILES string of the molecule is O=C1CCCN1c1cnc(N2CC(O)C2)c(F)c1. The number of aromatic nitrogens is 1. The van der Waals surface area contributed by atoms with E-state index in [1.807, 2.05) is 0 Å². The van der Waals surface area contributed by atoms with Crippen LogP contribution in [-0.4, -0.2) is 41.7 Å². The van der Waals surface area contributed by atoms with Crippen molar-refractivity contribution in [1.29, 1.82) is 0 Å². The summed E-state index contributed by atoms with van der Waals surface area (Å²) in [7, 11) is 0. The minimum Gasteiger partial charge on any atom is -0.389 e. The zero-order valence-electron chi connectivity index (χ0n) is 9.84. The fourth-order valence-corrected chi connectivity index (χ4v) is 2.35. The summed E-state index contributed by atoms with van der Waals surface area (Å²) >= 11 is 0. The Balaban J connectivity index is 1.82. The molecule has 3 rings (SSSR count). The molecule has 3 heterocycles. The van der Waals surface area contributed by atoms with Crippen LogP contribution in [-0.2, 0) is 4.79 Å². The molecule has 2 saturated heterocycles. The third-order valence-corrected chi connectivity index (χ3v) is 3.35. The number of halogens is 1. The second-order valence-corrected chi connectivity index (χ2v) is 4.71. The number of hydrogen-bond donors (Lipinski definition) is 1. The maximum Gasteiger partial charge on any atom is 0.227 e. The van der Waals surface area contributed by atoms with Gasteiger partial charge >= 0.3 is 0 Å². The Labute approximate surface area is 104 Å². The number of aliphatic hydroxyl groups is 1. The molecule has 0 aliphatic carbocycles. The molecule has 0 spiro atoms. The lowest BCUT2D eigenvalue weighted by atomic mass is 10.1. The van der Waals surface area contributed by atoms with Gasteiger partial charge in [0.05, 0.1) is 18.0 Å². The highest BCUT2D eigenvalue weighted by Gasteiger charge is 2.29. The Morgan fingerprint density at radius 2 is 2.22 bits per heavy atom. The fourth-order valence-electron chi connectivity index (χ4n) is 2.35. The van der Waals surface area contributed by atoms with Crippen molar-refractivity contribution < 1.29 is 14.3 Å². The normalized spacial score (nSPS) is 20.4. The third kappa shape index (κ3) is 1.82. The Morgan fingerprint density at radius 3 is 2.78 bits per heavy atom. The standard InChI is InChI=1S/C12H14FN3O2/c13-10-4-8(16-3-1-2-11(16)18)5-14-12(10)15-6-9(17)7-15/h4-5,9,17H,1-3,6-7H2. The van der Waals surface area contributed by atoms with Gasteiger partial charge in [-0.25, -0.2) is 9.37 Å². The van der Waals surface area contributed by atoms with Gasteiger partial charge in [-0.2, -0.15) is 0 Å². The van der Waals surface area contributed by atoms with Crippen LogP contribution in [0.4, 0.5) is 15.9 Å². The zero-order chi connectivity index (χ0) is 12.7. The summed E-state index contributed by atoms with van der Waals surface area (Å²) in [6, 6.07) is 1.34. The van der Waals surface area contributed by atoms with Gasteiger partial charge in [-0.1, -0.05) is 0 Å². The molecule has 0 bridgehead atoms. The smallest absolute Gasteiger partial charge is 0.227 e. The quantitative estimate of drug-likeness (QED) is 0.833. The van der Waals surface area contributed by atoms with Gasteiger partial charge in [0.2, 0.25) is 5.91 Å². The van der Waals surface area contributed by atoms with Crippen LogP contribution in [0.3, 0.4) is 0 Å². The number of rotatable bonds is 2. The number of nitrogens with zero attached hydrogens (tertiary/aromatic N) is 3.